The molecule has 0 saturated heterocycles. The summed E-state index contributed by atoms with van der Waals surface area (Å²) in [6, 6.07) is 7.67. The number of carbonyl (C=O) groups excluding carboxylic acids is 1. The normalized spacial score (nSPS) is 14.9. The third-order valence-electron chi connectivity index (χ3n) is 3.13. The molecular weight excluding hydrogens is 228 g/mol. The van der Waals surface area contributed by atoms with Crippen molar-refractivity contribution in [1.29, 1.82) is 0 Å². The van der Waals surface area contributed by atoms with Crippen LogP contribution in [-0.4, -0.2) is 31.1 Å². The number of likely N-dealkylation sites (N-methyl/N-ethyl adjacent to an activating group) is 1. The molecule has 0 bridgehead atoms. The van der Waals surface area contributed by atoms with Gasteiger partial charge in [-0.25, -0.2) is 0 Å². The average molecular weight is 248 g/mol. The van der Waals surface area contributed by atoms with Gasteiger partial charge in [0.1, 0.15) is 12.4 Å². The molecule has 0 fully saturated rings. The van der Waals surface area contributed by atoms with Gasteiger partial charge >= 0.3 is 0 Å². The van der Waals surface area contributed by atoms with Gasteiger partial charge in [0.15, 0.2) is 0 Å². The molecule has 1 heterocycles. The number of fused-ring (bicyclic) bond motifs is 1. The van der Waals surface area contributed by atoms with Crippen LogP contribution in [0.15, 0.2) is 24.3 Å². The standard InChI is InChI=1S/C14H20N2O2/c1-4-15-14(2,3)13(17)16-9-10-18-12-8-6-5-7-11(12)16/h5-8,15H,4,9-10H2,1-3H3. The van der Waals surface area contributed by atoms with Gasteiger partial charge in [-0.15, -0.1) is 0 Å². The van der Waals surface area contributed by atoms with Crippen LogP contribution < -0.4 is 15.0 Å². The Morgan fingerprint density at radius 1 is 1.44 bits per heavy atom. The van der Waals surface area contributed by atoms with Gasteiger partial charge in [0.25, 0.3) is 0 Å². The molecule has 4 heteroatoms. The van der Waals surface area contributed by atoms with Crippen LogP contribution in [0.2, 0.25) is 0 Å². The zero-order valence-electron chi connectivity index (χ0n) is 11.2. The largest absolute Gasteiger partial charge is 0.490 e. The average Bonchev–Trinajstić information content (AvgIpc) is 2.37. The number of carbonyl (C=O) groups is 1. The van der Waals surface area contributed by atoms with Crippen molar-refractivity contribution in [1.82, 2.24) is 5.32 Å². The third kappa shape index (κ3) is 2.34. The highest BCUT2D eigenvalue weighted by molar-refractivity contribution is 6.01. The highest BCUT2D eigenvalue weighted by Gasteiger charge is 2.34. The predicted octanol–water partition coefficient (Wildman–Crippen LogP) is 1.80. The SMILES string of the molecule is CCNC(C)(C)C(=O)N1CCOc2ccccc21. The fourth-order valence-corrected chi connectivity index (χ4v) is 2.24. The van der Waals surface area contributed by atoms with Crippen molar-refractivity contribution in [2.45, 2.75) is 26.3 Å². The van der Waals surface area contributed by atoms with Crippen LogP contribution in [0.1, 0.15) is 20.8 Å². The number of hydrogen-bond donors (Lipinski definition) is 1. The van der Waals surface area contributed by atoms with E-state index in [9.17, 15) is 4.79 Å². The summed E-state index contributed by atoms with van der Waals surface area (Å²) >= 11 is 0. The van der Waals surface area contributed by atoms with E-state index in [0.717, 1.165) is 18.0 Å². The van der Waals surface area contributed by atoms with E-state index in [1.165, 1.54) is 0 Å². The smallest absolute Gasteiger partial charge is 0.246 e. The van der Waals surface area contributed by atoms with Crippen LogP contribution in [0.25, 0.3) is 0 Å². The van der Waals surface area contributed by atoms with Crippen LogP contribution in [0.4, 0.5) is 5.69 Å². The molecule has 1 amide bonds. The molecule has 0 radical (unpaired) electrons. The first-order chi connectivity index (χ1) is 8.56. The molecule has 98 valence electrons. The number of ether oxygens (including phenoxy) is 1. The number of amides is 1. The van der Waals surface area contributed by atoms with Crippen LogP contribution in [0.3, 0.4) is 0 Å². The molecule has 0 saturated carbocycles. The minimum Gasteiger partial charge on any atom is -0.490 e. The molecule has 1 aromatic rings. The molecule has 18 heavy (non-hydrogen) atoms. The van der Waals surface area contributed by atoms with Crippen molar-refractivity contribution < 1.29 is 9.53 Å². The number of benzene rings is 1. The van der Waals surface area contributed by atoms with Crippen LogP contribution in [0.5, 0.6) is 5.75 Å². The van der Waals surface area contributed by atoms with Crippen LogP contribution >= 0.6 is 0 Å². The summed E-state index contributed by atoms with van der Waals surface area (Å²) in [7, 11) is 0. The maximum absolute atomic E-state index is 12.6. The Bertz CT molecular complexity index is 443. The minimum absolute atomic E-state index is 0.0834. The Morgan fingerprint density at radius 2 is 2.17 bits per heavy atom. The lowest BCUT2D eigenvalue weighted by Gasteiger charge is -2.35. The van der Waals surface area contributed by atoms with Crippen molar-refractivity contribution in [3.63, 3.8) is 0 Å². The van der Waals surface area contributed by atoms with Gasteiger partial charge in [-0.3, -0.25) is 4.79 Å². The van der Waals surface area contributed by atoms with Gasteiger partial charge in [-0.1, -0.05) is 19.1 Å². The number of nitrogens with one attached hydrogen (secondary N) is 1. The third-order valence-corrected chi connectivity index (χ3v) is 3.13. The molecule has 0 atom stereocenters. The highest BCUT2D eigenvalue weighted by Crippen LogP contribution is 2.32. The van der Waals surface area contributed by atoms with Gasteiger partial charge in [0.2, 0.25) is 5.91 Å². The quantitative estimate of drug-likeness (QED) is 0.887. The zero-order chi connectivity index (χ0) is 13.2. The number of para-hydroxylation sites is 2. The van der Waals surface area contributed by atoms with E-state index < -0.39 is 5.54 Å². The summed E-state index contributed by atoms with van der Waals surface area (Å²) in [5.74, 6) is 0.865. The van der Waals surface area contributed by atoms with Gasteiger partial charge in [-0.2, -0.15) is 0 Å². The molecule has 4 nitrogen and oxygen atoms in total. The number of hydrogen-bond acceptors (Lipinski definition) is 3. The Hall–Kier alpha value is -1.55. The zero-order valence-corrected chi connectivity index (χ0v) is 11.2. The monoisotopic (exact) mass is 248 g/mol. The second kappa shape index (κ2) is 4.98. The van der Waals surface area contributed by atoms with E-state index in [1.54, 1.807) is 0 Å². The van der Waals surface area contributed by atoms with Crippen molar-refractivity contribution in [3.8, 4) is 5.75 Å². The predicted molar refractivity (Wildman–Crippen MR) is 72.0 cm³/mol. The topological polar surface area (TPSA) is 41.6 Å². The van der Waals surface area contributed by atoms with Crippen molar-refractivity contribution in [2.24, 2.45) is 0 Å². The van der Waals surface area contributed by atoms with Gasteiger partial charge < -0.3 is 15.0 Å². The number of anilines is 1. The Labute approximate surface area is 108 Å². The molecule has 1 N–H and O–H groups in total. The summed E-state index contributed by atoms with van der Waals surface area (Å²) in [5.41, 5.74) is 0.305. The second-order valence-corrected chi connectivity index (χ2v) is 4.93. The van der Waals surface area contributed by atoms with Gasteiger partial charge in [-0.05, 0) is 32.5 Å². The van der Waals surface area contributed by atoms with Gasteiger partial charge in [0, 0.05) is 0 Å². The first-order valence-electron chi connectivity index (χ1n) is 6.35. The molecule has 1 aliphatic rings. The fraction of sp³-hybridized carbons (Fsp3) is 0.500. The maximum Gasteiger partial charge on any atom is 0.246 e. The number of rotatable bonds is 3. The minimum atomic E-state index is -0.556. The molecule has 2 rings (SSSR count). The first kappa shape index (κ1) is 12.9. The van der Waals surface area contributed by atoms with E-state index >= 15 is 0 Å². The second-order valence-electron chi connectivity index (χ2n) is 4.93. The summed E-state index contributed by atoms with van der Waals surface area (Å²) in [6.07, 6.45) is 0. The fourth-order valence-electron chi connectivity index (χ4n) is 2.24. The number of nitrogens with zero attached hydrogens (tertiary/aromatic N) is 1. The molecule has 1 aliphatic heterocycles. The summed E-state index contributed by atoms with van der Waals surface area (Å²) in [6.45, 7) is 7.75. The van der Waals surface area contributed by atoms with Crippen LogP contribution in [-0.2, 0) is 4.79 Å². The Kier molecular flexibility index (Phi) is 3.57. The van der Waals surface area contributed by atoms with Crippen LogP contribution in [0, 0.1) is 0 Å². The van der Waals surface area contributed by atoms with E-state index in [0.29, 0.717) is 13.2 Å². The van der Waals surface area contributed by atoms with Gasteiger partial charge in [0.05, 0.1) is 17.8 Å². The van der Waals surface area contributed by atoms with E-state index in [1.807, 2.05) is 49.9 Å². The van der Waals surface area contributed by atoms with E-state index in [4.69, 9.17) is 4.74 Å². The Morgan fingerprint density at radius 3 is 2.89 bits per heavy atom. The molecule has 1 aromatic carbocycles. The molecule has 0 unspecified atom stereocenters. The molecule has 0 aromatic heterocycles. The maximum atomic E-state index is 12.6. The van der Waals surface area contributed by atoms with E-state index in [-0.39, 0.29) is 5.91 Å². The lowest BCUT2D eigenvalue weighted by molar-refractivity contribution is -0.124. The van der Waals surface area contributed by atoms with E-state index in [2.05, 4.69) is 5.32 Å². The Balaban J connectivity index is 2.28. The highest BCUT2D eigenvalue weighted by atomic mass is 16.5. The summed E-state index contributed by atoms with van der Waals surface area (Å²) < 4.78 is 5.56. The van der Waals surface area contributed by atoms with Crippen molar-refractivity contribution in [3.05, 3.63) is 24.3 Å². The summed E-state index contributed by atoms with van der Waals surface area (Å²) in [5, 5.41) is 3.22. The lowest BCUT2D eigenvalue weighted by Crippen LogP contribution is -2.55. The first-order valence-corrected chi connectivity index (χ1v) is 6.35. The van der Waals surface area contributed by atoms with Crippen molar-refractivity contribution in [2.75, 3.05) is 24.6 Å². The lowest BCUT2D eigenvalue weighted by atomic mass is 10.0. The molecule has 0 aliphatic carbocycles. The summed E-state index contributed by atoms with van der Waals surface area (Å²) in [4.78, 5) is 14.4. The molecule has 0 spiro atoms. The molecular formula is C14H20N2O2. The van der Waals surface area contributed by atoms with Crippen molar-refractivity contribution >= 4 is 11.6 Å².